The summed E-state index contributed by atoms with van der Waals surface area (Å²) in [7, 11) is 0. The number of rotatable bonds is 4. The van der Waals surface area contributed by atoms with E-state index in [1.807, 2.05) is 0 Å². The molecule has 2 unspecified atom stereocenters. The SMILES string of the molecule is CC(NC(=O)c1c(F)cccc1F)C(C)C(=O)O. The number of halogens is 2. The average Bonchev–Trinajstić information content (AvgIpc) is 2.27. The Morgan fingerprint density at radius 1 is 1.22 bits per heavy atom. The molecule has 0 aliphatic carbocycles. The molecule has 2 atom stereocenters. The molecule has 1 aromatic carbocycles. The number of amides is 1. The molecule has 0 heterocycles. The van der Waals surface area contributed by atoms with E-state index in [4.69, 9.17) is 5.11 Å². The first-order valence-corrected chi connectivity index (χ1v) is 5.32. The Bertz CT molecular complexity index is 456. The number of nitrogens with one attached hydrogen (secondary N) is 1. The highest BCUT2D eigenvalue weighted by atomic mass is 19.1. The van der Waals surface area contributed by atoms with Gasteiger partial charge in [0.25, 0.3) is 5.91 Å². The molecule has 0 aliphatic rings. The average molecular weight is 257 g/mol. The van der Waals surface area contributed by atoms with E-state index >= 15 is 0 Å². The Kier molecular flexibility index (Phi) is 4.36. The zero-order valence-corrected chi connectivity index (χ0v) is 9.91. The van der Waals surface area contributed by atoms with Crippen molar-refractivity contribution >= 4 is 11.9 Å². The minimum Gasteiger partial charge on any atom is -0.481 e. The zero-order chi connectivity index (χ0) is 13.9. The lowest BCUT2D eigenvalue weighted by molar-refractivity contribution is -0.141. The molecule has 0 radical (unpaired) electrons. The standard InChI is InChI=1S/C12H13F2NO3/c1-6(12(17)18)7(2)15-11(16)10-8(13)4-3-5-9(10)14/h3-7H,1-2H3,(H,15,16)(H,17,18). The van der Waals surface area contributed by atoms with E-state index in [-0.39, 0.29) is 0 Å². The second-order valence-electron chi connectivity index (χ2n) is 3.99. The fourth-order valence-corrected chi connectivity index (χ4v) is 1.33. The van der Waals surface area contributed by atoms with Gasteiger partial charge < -0.3 is 10.4 Å². The van der Waals surface area contributed by atoms with Crippen molar-refractivity contribution < 1.29 is 23.5 Å². The largest absolute Gasteiger partial charge is 0.481 e. The van der Waals surface area contributed by atoms with Crippen molar-refractivity contribution in [3.8, 4) is 0 Å². The number of hydrogen-bond acceptors (Lipinski definition) is 2. The summed E-state index contributed by atoms with van der Waals surface area (Å²) in [4.78, 5) is 22.3. The molecule has 2 N–H and O–H groups in total. The van der Waals surface area contributed by atoms with Crippen LogP contribution in [0.4, 0.5) is 8.78 Å². The van der Waals surface area contributed by atoms with Gasteiger partial charge in [0.05, 0.1) is 5.92 Å². The number of carboxylic acid groups (broad SMARTS) is 1. The van der Waals surface area contributed by atoms with Crippen LogP contribution >= 0.6 is 0 Å². The molecule has 1 amide bonds. The summed E-state index contributed by atoms with van der Waals surface area (Å²) in [6, 6.07) is 2.33. The van der Waals surface area contributed by atoms with Gasteiger partial charge in [0.1, 0.15) is 17.2 Å². The number of carboxylic acids is 1. The smallest absolute Gasteiger partial charge is 0.308 e. The first-order chi connectivity index (χ1) is 8.34. The summed E-state index contributed by atoms with van der Waals surface area (Å²) in [6.45, 7) is 2.85. The molecule has 0 aliphatic heterocycles. The lowest BCUT2D eigenvalue weighted by atomic mass is 10.0. The van der Waals surface area contributed by atoms with Crippen LogP contribution in [0, 0.1) is 17.6 Å². The number of carbonyl (C=O) groups excluding carboxylic acids is 1. The molecular weight excluding hydrogens is 244 g/mol. The van der Waals surface area contributed by atoms with E-state index in [1.165, 1.54) is 13.8 Å². The predicted molar refractivity (Wildman–Crippen MR) is 60.1 cm³/mol. The van der Waals surface area contributed by atoms with Crippen LogP contribution in [-0.2, 0) is 4.79 Å². The van der Waals surface area contributed by atoms with Crippen molar-refractivity contribution in [1.29, 1.82) is 0 Å². The van der Waals surface area contributed by atoms with Crippen LogP contribution in [0.1, 0.15) is 24.2 Å². The summed E-state index contributed by atoms with van der Waals surface area (Å²) in [5, 5.41) is 11.0. The minimum atomic E-state index is -1.10. The Labute approximate surface area is 103 Å². The normalized spacial score (nSPS) is 13.8. The van der Waals surface area contributed by atoms with Gasteiger partial charge in [-0.05, 0) is 26.0 Å². The van der Waals surface area contributed by atoms with Crippen molar-refractivity contribution in [3.05, 3.63) is 35.4 Å². The molecule has 18 heavy (non-hydrogen) atoms. The van der Waals surface area contributed by atoms with Gasteiger partial charge in [0.2, 0.25) is 0 Å². The second-order valence-corrected chi connectivity index (χ2v) is 3.99. The Balaban J connectivity index is 2.86. The molecule has 1 rings (SSSR count). The van der Waals surface area contributed by atoms with E-state index in [9.17, 15) is 18.4 Å². The fourth-order valence-electron chi connectivity index (χ4n) is 1.33. The van der Waals surface area contributed by atoms with Gasteiger partial charge in [0.15, 0.2) is 0 Å². The summed E-state index contributed by atoms with van der Waals surface area (Å²) >= 11 is 0. The molecule has 4 nitrogen and oxygen atoms in total. The fraction of sp³-hybridized carbons (Fsp3) is 0.333. The maximum Gasteiger partial charge on any atom is 0.308 e. The molecule has 0 saturated carbocycles. The molecular formula is C12H13F2NO3. The topological polar surface area (TPSA) is 66.4 Å². The molecule has 6 heteroatoms. The highest BCUT2D eigenvalue weighted by Crippen LogP contribution is 2.13. The Morgan fingerprint density at radius 2 is 1.72 bits per heavy atom. The van der Waals surface area contributed by atoms with Gasteiger partial charge >= 0.3 is 5.97 Å². The van der Waals surface area contributed by atoms with Gasteiger partial charge in [0, 0.05) is 6.04 Å². The second kappa shape index (κ2) is 5.57. The maximum absolute atomic E-state index is 13.3. The van der Waals surface area contributed by atoms with Crippen molar-refractivity contribution in [2.45, 2.75) is 19.9 Å². The van der Waals surface area contributed by atoms with Crippen molar-refractivity contribution in [3.63, 3.8) is 0 Å². The molecule has 1 aromatic rings. The third-order valence-corrected chi connectivity index (χ3v) is 2.69. The monoisotopic (exact) mass is 257 g/mol. The van der Waals surface area contributed by atoms with E-state index in [0.29, 0.717) is 0 Å². The van der Waals surface area contributed by atoms with E-state index in [2.05, 4.69) is 5.32 Å². The van der Waals surface area contributed by atoms with Crippen LogP contribution in [0.5, 0.6) is 0 Å². The van der Waals surface area contributed by atoms with Gasteiger partial charge in [-0.25, -0.2) is 8.78 Å². The van der Waals surface area contributed by atoms with Crippen LogP contribution in [0.25, 0.3) is 0 Å². The van der Waals surface area contributed by atoms with Crippen LogP contribution in [0.15, 0.2) is 18.2 Å². The molecule has 0 spiro atoms. The molecule has 0 saturated heterocycles. The number of hydrogen-bond donors (Lipinski definition) is 2. The first-order valence-electron chi connectivity index (χ1n) is 5.32. The van der Waals surface area contributed by atoms with E-state index in [0.717, 1.165) is 18.2 Å². The molecule has 98 valence electrons. The summed E-state index contributed by atoms with van der Waals surface area (Å²) in [6.07, 6.45) is 0. The van der Waals surface area contributed by atoms with Gasteiger partial charge in [-0.3, -0.25) is 9.59 Å². The Morgan fingerprint density at radius 3 is 2.17 bits per heavy atom. The van der Waals surface area contributed by atoms with Gasteiger partial charge in [-0.15, -0.1) is 0 Å². The molecule has 0 fully saturated rings. The van der Waals surface area contributed by atoms with Crippen LogP contribution in [0.2, 0.25) is 0 Å². The van der Waals surface area contributed by atoms with E-state index < -0.39 is 41.0 Å². The van der Waals surface area contributed by atoms with Crippen molar-refractivity contribution in [2.75, 3.05) is 0 Å². The lowest BCUT2D eigenvalue weighted by Gasteiger charge is -2.18. The summed E-state index contributed by atoms with van der Waals surface area (Å²) in [5.41, 5.74) is -0.707. The van der Waals surface area contributed by atoms with Crippen molar-refractivity contribution in [1.82, 2.24) is 5.32 Å². The van der Waals surface area contributed by atoms with Gasteiger partial charge in [-0.2, -0.15) is 0 Å². The lowest BCUT2D eigenvalue weighted by Crippen LogP contribution is -2.40. The quantitative estimate of drug-likeness (QED) is 0.864. The van der Waals surface area contributed by atoms with Gasteiger partial charge in [-0.1, -0.05) is 6.07 Å². The number of benzene rings is 1. The summed E-state index contributed by atoms with van der Waals surface area (Å²) in [5.74, 6) is -4.89. The third-order valence-electron chi connectivity index (χ3n) is 2.69. The van der Waals surface area contributed by atoms with Crippen LogP contribution in [-0.4, -0.2) is 23.0 Å². The highest BCUT2D eigenvalue weighted by molar-refractivity contribution is 5.95. The van der Waals surface area contributed by atoms with Crippen molar-refractivity contribution in [2.24, 2.45) is 5.92 Å². The molecule has 0 bridgehead atoms. The number of carbonyl (C=O) groups is 2. The van der Waals surface area contributed by atoms with Crippen LogP contribution < -0.4 is 5.32 Å². The third kappa shape index (κ3) is 3.03. The van der Waals surface area contributed by atoms with E-state index in [1.54, 1.807) is 0 Å². The summed E-state index contributed by atoms with van der Waals surface area (Å²) < 4.78 is 26.6. The zero-order valence-electron chi connectivity index (χ0n) is 9.91. The maximum atomic E-state index is 13.3. The minimum absolute atomic E-state index is 0.707. The Hall–Kier alpha value is -1.98. The first kappa shape index (κ1) is 14.1. The molecule has 0 aromatic heterocycles. The number of aliphatic carboxylic acids is 1. The predicted octanol–water partition coefficient (Wildman–Crippen LogP) is 1.80. The van der Waals surface area contributed by atoms with Crippen LogP contribution in [0.3, 0.4) is 0 Å². The highest BCUT2D eigenvalue weighted by Gasteiger charge is 2.24.